The lowest BCUT2D eigenvalue weighted by Gasteiger charge is -2.31. The molecule has 1 aliphatic heterocycles. The first-order valence-corrected chi connectivity index (χ1v) is 9.83. The maximum Gasteiger partial charge on any atom is 0.417 e. The molecule has 1 fully saturated rings. The maximum absolute atomic E-state index is 13.1. The number of halogens is 4. The SMILES string of the molecule is O=C(/C=C/c1ccc(Cl)cc1)N1CCCC(c2nnc3ccc(C(F)(F)F)cn23)C1. The molecule has 2 aromatic heterocycles. The number of amides is 1. The summed E-state index contributed by atoms with van der Waals surface area (Å²) in [5, 5.41) is 8.72. The van der Waals surface area contributed by atoms with Crippen molar-refractivity contribution >= 4 is 29.2 Å². The van der Waals surface area contributed by atoms with E-state index in [0.717, 1.165) is 30.7 Å². The summed E-state index contributed by atoms with van der Waals surface area (Å²) in [5.41, 5.74) is 0.444. The topological polar surface area (TPSA) is 50.5 Å². The Morgan fingerprint density at radius 1 is 1.13 bits per heavy atom. The smallest absolute Gasteiger partial charge is 0.338 e. The van der Waals surface area contributed by atoms with Crippen molar-refractivity contribution in [2.75, 3.05) is 13.1 Å². The van der Waals surface area contributed by atoms with Gasteiger partial charge >= 0.3 is 6.18 Å². The van der Waals surface area contributed by atoms with Crippen LogP contribution in [0.2, 0.25) is 5.02 Å². The molecule has 4 rings (SSSR count). The number of hydrogen-bond acceptors (Lipinski definition) is 3. The summed E-state index contributed by atoms with van der Waals surface area (Å²) in [6, 6.07) is 9.41. The molecule has 0 radical (unpaired) electrons. The van der Waals surface area contributed by atoms with Crippen molar-refractivity contribution in [2.24, 2.45) is 0 Å². The molecule has 1 unspecified atom stereocenters. The first-order chi connectivity index (χ1) is 14.3. The number of pyridine rings is 1. The third-order valence-electron chi connectivity index (χ3n) is 5.14. The highest BCUT2D eigenvalue weighted by atomic mass is 35.5. The first-order valence-electron chi connectivity index (χ1n) is 9.46. The predicted molar refractivity (Wildman–Crippen MR) is 107 cm³/mol. The van der Waals surface area contributed by atoms with Crippen molar-refractivity contribution < 1.29 is 18.0 Å². The van der Waals surface area contributed by atoms with E-state index in [2.05, 4.69) is 10.2 Å². The van der Waals surface area contributed by atoms with Gasteiger partial charge < -0.3 is 4.90 Å². The van der Waals surface area contributed by atoms with E-state index in [9.17, 15) is 18.0 Å². The Labute approximate surface area is 175 Å². The van der Waals surface area contributed by atoms with Gasteiger partial charge in [-0.3, -0.25) is 9.20 Å². The van der Waals surface area contributed by atoms with E-state index >= 15 is 0 Å². The van der Waals surface area contributed by atoms with Crippen molar-refractivity contribution in [1.29, 1.82) is 0 Å². The van der Waals surface area contributed by atoms with Gasteiger partial charge in [0.1, 0.15) is 5.82 Å². The second kappa shape index (κ2) is 8.10. The van der Waals surface area contributed by atoms with Crippen LogP contribution in [0.15, 0.2) is 48.7 Å². The number of piperidine rings is 1. The quantitative estimate of drug-likeness (QED) is 0.555. The number of fused-ring (bicyclic) bond motifs is 1. The third kappa shape index (κ3) is 4.33. The molecule has 1 aliphatic rings. The molecular formula is C21H18ClF3N4O. The molecular weight excluding hydrogens is 417 g/mol. The average molecular weight is 435 g/mol. The summed E-state index contributed by atoms with van der Waals surface area (Å²) in [4.78, 5) is 14.3. The summed E-state index contributed by atoms with van der Waals surface area (Å²) < 4.78 is 40.6. The number of nitrogens with zero attached hydrogens (tertiary/aromatic N) is 4. The minimum Gasteiger partial charge on any atom is -0.338 e. The summed E-state index contributed by atoms with van der Waals surface area (Å²) in [6.45, 7) is 0.964. The molecule has 0 N–H and O–H groups in total. The minimum absolute atomic E-state index is 0.153. The number of alkyl halides is 3. The van der Waals surface area contributed by atoms with Gasteiger partial charge in [-0.05, 0) is 48.7 Å². The Kier molecular flexibility index (Phi) is 5.51. The molecule has 5 nitrogen and oxygen atoms in total. The Balaban J connectivity index is 1.52. The molecule has 0 spiro atoms. The summed E-state index contributed by atoms with van der Waals surface area (Å²) in [5.74, 6) is 0.0971. The normalized spacial score (nSPS) is 17.7. The van der Waals surface area contributed by atoms with Gasteiger partial charge in [-0.2, -0.15) is 13.2 Å². The second-order valence-electron chi connectivity index (χ2n) is 7.21. The molecule has 1 atom stereocenters. The Morgan fingerprint density at radius 3 is 2.63 bits per heavy atom. The van der Waals surface area contributed by atoms with Gasteiger partial charge in [-0.25, -0.2) is 0 Å². The number of rotatable bonds is 3. The fraction of sp³-hybridized carbons (Fsp3) is 0.286. The van der Waals surface area contributed by atoms with Crippen LogP contribution in [0.3, 0.4) is 0 Å². The van der Waals surface area contributed by atoms with Gasteiger partial charge in [-0.15, -0.1) is 10.2 Å². The zero-order chi connectivity index (χ0) is 21.3. The molecule has 3 heterocycles. The highest BCUT2D eigenvalue weighted by Crippen LogP contribution is 2.31. The first kappa shape index (κ1) is 20.4. The molecule has 0 aliphatic carbocycles. The van der Waals surface area contributed by atoms with E-state index in [4.69, 9.17) is 11.6 Å². The fourth-order valence-corrected chi connectivity index (χ4v) is 3.72. The van der Waals surface area contributed by atoms with Crippen molar-refractivity contribution in [3.05, 3.63) is 70.6 Å². The van der Waals surface area contributed by atoms with Gasteiger partial charge in [0.05, 0.1) is 5.56 Å². The van der Waals surface area contributed by atoms with Crippen LogP contribution in [0.5, 0.6) is 0 Å². The lowest BCUT2D eigenvalue weighted by Crippen LogP contribution is -2.38. The van der Waals surface area contributed by atoms with Gasteiger partial charge in [-0.1, -0.05) is 23.7 Å². The standard InChI is InChI=1S/C21H18ClF3N4O/c22-17-7-3-14(4-8-17)5-10-19(30)28-11-1-2-15(12-28)20-27-26-18-9-6-16(13-29(18)20)21(23,24)25/h3-10,13,15H,1-2,11-12H2/b10-5+. The Bertz CT molecular complexity index is 1090. The van der Waals surface area contributed by atoms with Crippen LogP contribution in [0.1, 0.15) is 35.7 Å². The molecule has 156 valence electrons. The minimum atomic E-state index is -4.45. The fourth-order valence-electron chi connectivity index (χ4n) is 3.59. The van der Waals surface area contributed by atoms with E-state index in [1.165, 1.54) is 16.5 Å². The number of carbonyl (C=O) groups is 1. The monoisotopic (exact) mass is 434 g/mol. The maximum atomic E-state index is 13.1. The lowest BCUT2D eigenvalue weighted by molar-refractivity contribution is -0.137. The Hall–Kier alpha value is -2.87. The molecule has 1 saturated heterocycles. The van der Waals surface area contributed by atoms with Gasteiger partial charge in [0.2, 0.25) is 5.91 Å². The van der Waals surface area contributed by atoms with Crippen LogP contribution in [0.4, 0.5) is 13.2 Å². The zero-order valence-electron chi connectivity index (χ0n) is 15.8. The Morgan fingerprint density at radius 2 is 1.90 bits per heavy atom. The second-order valence-corrected chi connectivity index (χ2v) is 7.65. The molecule has 0 saturated carbocycles. The van der Waals surface area contributed by atoms with Crippen LogP contribution in [-0.4, -0.2) is 38.5 Å². The molecule has 9 heteroatoms. The van der Waals surface area contributed by atoms with Crippen LogP contribution >= 0.6 is 11.6 Å². The number of hydrogen-bond donors (Lipinski definition) is 0. The van der Waals surface area contributed by atoms with Crippen molar-refractivity contribution in [3.8, 4) is 0 Å². The number of likely N-dealkylation sites (tertiary alicyclic amines) is 1. The van der Waals surface area contributed by atoms with Crippen LogP contribution in [0.25, 0.3) is 11.7 Å². The van der Waals surface area contributed by atoms with Crippen LogP contribution in [0, 0.1) is 0 Å². The number of aromatic nitrogens is 3. The van der Waals surface area contributed by atoms with Crippen LogP contribution < -0.4 is 0 Å². The number of benzene rings is 1. The zero-order valence-corrected chi connectivity index (χ0v) is 16.6. The van der Waals surface area contributed by atoms with E-state index in [0.29, 0.717) is 29.6 Å². The molecule has 0 bridgehead atoms. The predicted octanol–water partition coefficient (Wildman–Crippen LogP) is 4.82. The highest BCUT2D eigenvalue weighted by molar-refractivity contribution is 6.30. The van der Waals surface area contributed by atoms with Gasteiger partial charge in [0, 0.05) is 36.3 Å². The van der Waals surface area contributed by atoms with E-state index < -0.39 is 11.7 Å². The van der Waals surface area contributed by atoms with E-state index in [1.807, 2.05) is 12.1 Å². The van der Waals surface area contributed by atoms with Crippen molar-refractivity contribution in [1.82, 2.24) is 19.5 Å². The lowest BCUT2D eigenvalue weighted by atomic mass is 9.97. The molecule has 3 aromatic rings. The van der Waals surface area contributed by atoms with Crippen molar-refractivity contribution in [2.45, 2.75) is 24.9 Å². The van der Waals surface area contributed by atoms with E-state index in [1.54, 1.807) is 23.1 Å². The van der Waals surface area contributed by atoms with E-state index in [-0.39, 0.29) is 11.8 Å². The molecule has 30 heavy (non-hydrogen) atoms. The van der Waals surface area contributed by atoms with Gasteiger partial charge in [0.15, 0.2) is 5.65 Å². The largest absolute Gasteiger partial charge is 0.417 e. The average Bonchev–Trinajstić information content (AvgIpc) is 3.16. The number of carbonyl (C=O) groups excluding carboxylic acids is 1. The third-order valence-corrected chi connectivity index (χ3v) is 5.39. The van der Waals surface area contributed by atoms with Crippen LogP contribution in [-0.2, 0) is 11.0 Å². The van der Waals surface area contributed by atoms with Crippen molar-refractivity contribution in [3.63, 3.8) is 0 Å². The molecule has 1 amide bonds. The van der Waals surface area contributed by atoms with Gasteiger partial charge in [0.25, 0.3) is 0 Å². The molecule has 1 aromatic carbocycles. The summed E-state index contributed by atoms with van der Waals surface area (Å²) in [6.07, 6.45) is 1.24. The highest BCUT2D eigenvalue weighted by Gasteiger charge is 2.32. The summed E-state index contributed by atoms with van der Waals surface area (Å²) in [7, 11) is 0. The summed E-state index contributed by atoms with van der Waals surface area (Å²) >= 11 is 5.86.